The lowest BCUT2D eigenvalue weighted by Crippen LogP contribution is -2.36. The fourth-order valence-electron chi connectivity index (χ4n) is 3.04. The summed E-state index contributed by atoms with van der Waals surface area (Å²) in [6, 6.07) is 11.5. The van der Waals surface area contributed by atoms with Gasteiger partial charge in [0.15, 0.2) is 5.13 Å². The van der Waals surface area contributed by atoms with Crippen LogP contribution in [0.25, 0.3) is 0 Å². The van der Waals surface area contributed by atoms with Crippen LogP contribution in [0, 0.1) is 0 Å². The number of halogens is 3. The van der Waals surface area contributed by atoms with E-state index in [4.69, 9.17) is 34.8 Å². The predicted molar refractivity (Wildman–Crippen MR) is 137 cm³/mol. The second-order valence-corrected chi connectivity index (χ2v) is 9.56. The third-order valence-corrected chi connectivity index (χ3v) is 6.46. The first-order chi connectivity index (χ1) is 15.7. The number of hydrogen-bond acceptors (Lipinski definition) is 5. The third-order valence-electron chi connectivity index (χ3n) is 4.84. The van der Waals surface area contributed by atoms with E-state index in [9.17, 15) is 9.59 Å². The Morgan fingerprint density at radius 1 is 0.939 bits per heavy atom. The van der Waals surface area contributed by atoms with Crippen molar-refractivity contribution in [3.05, 3.63) is 74.2 Å². The number of benzene rings is 2. The topological polar surface area (TPSA) is 56.8 Å². The molecule has 0 radical (unpaired) electrons. The highest BCUT2D eigenvalue weighted by Gasteiger charge is 2.26. The highest BCUT2D eigenvalue weighted by molar-refractivity contribution is 7.14. The third kappa shape index (κ3) is 6.25. The Kier molecular flexibility index (Phi) is 8.73. The minimum Gasteiger partial charge on any atom is -0.336 e. The first kappa shape index (κ1) is 25.5. The van der Waals surface area contributed by atoms with Gasteiger partial charge in [-0.3, -0.25) is 14.5 Å². The van der Waals surface area contributed by atoms with E-state index in [2.05, 4.69) is 4.98 Å². The molecule has 0 saturated heterocycles. The number of carbonyl (C=O) groups is 2. The summed E-state index contributed by atoms with van der Waals surface area (Å²) >= 11 is 19.6. The quantitative estimate of drug-likeness (QED) is 0.356. The van der Waals surface area contributed by atoms with Crippen LogP contribution in [0.3, 0.4) is 0 Å². The van der Waals surface area contributed by atoms with Crippen LogP contribution in [-0.4, -0.2) is 60.3 Å². The minimum absolute atomic E-state index is 0.185. The van der Waals surface area contributed by atoms with Crippen molar-refractivity contribution in [1.82, 2.24) is 14.8 Å². The summed E-state index contributed by atoms with van der Waals surface area (Å²) in [6.07, 6.45) is 0. The Bertz CT molecular complexity index is 1130. The van der Waals surface area contributed by atoms with E-state index in [1.165, 1.54) is 22.3 Å². The molecule has 0 fully saturated rings. The Morgan fingerprint density at radius 2 is 1.61 bits per heavy atom. The van der Waals surface area contributed by atoms with Crippen molar-refractivity contribution in [2.45, 2.75) is 6.92 Å². The molecule has 1 heterocycles. The van der Waals surface area contributed by atoms with Gasteiger partial charge in [0.2, 0.25) is 0 Å². The molecule has 0 saturated carbocycles. The van der Waals surface area contributed by atoms with E-state index < -0.39 is 5.91 Å². The zero-order valence-corrected chi connectivity index (χ0v) is 21.5. The van der Waals surface area contributed by atoms with E-state index in [-0.39, 0.29) is 22.2 Å². The van der Waals surface area contributed by atoms with Crippen molar-refractivity contribution in [2.75, 3.05) is 38.6 Å². The van der Waals surface area contributed by atoms with Crippen LogP contribution in [-0.2, 0) is 0 Å². The van der Waals surface area contributed by atoms with Crippen molar-refractivity contribution >= 4 is 68.8 Å². The minimum atomic E-state index is -0.396. The van der Waals surface area contributed by atoms with Crippen molar-refractivity contribution in [3.63, 3.8) is 0 Å². The Morgan fingerprint density at radius 3 is 2.21 bits per heavy atom. The van der Waals surface area contributed by atoms with E-state index in [0.717, 1.165) is 6.54 Å². The van der Waals surface area contributed by atoms with Crippen LogP contribution in [0.15, 0.2) is 47.8 Å². The highest BCUT2D eigenvalue weighted by Crippen LogP contribution is 2.33. The number of amides is 2. The van der Waals surface area contributed by atoms with E-state index in [0.29, 0.717) is 34.0 Å². The molecule has 0 spiro atoms. The number of aromatic nitrogens is 1. The highest BCUT2D eigenvalue weighted by atomic mass is 35.5. The SMILES string of the molecule is CCN(CCN(C)C)C(=O)c1csc(N(C(=O)c2ccc(Cl)cc2Cl)c2ccc(Cl)cc2)n1. The first-order valence-electron chi connectivity index (χ1n) is 10.2. The van der Waals surface area contributed by atoms with Gasteiger partial charge >= 0.3 is 0 Å². The second-order valence-electron chi connectivity index (χ2n) is 7.44. The number of carbonyl (C=O) groups excluding carboxylic acids is 2. The molecule has 0 atom stereocenters. The first-order valence-corrected chi connectivity index (χ1v) is 12.2. The van der Waals surface area contributed by atoms with Crippen molar-refractivity contribution in [1.29, 1.82) is 0 Å². The van der Waals surface area contributed by atoms with E-state index >= 15 is 0 Å². The molecule has 0 unspecified atom stereocenters. The molecule has 6 nitrogen and oxygen atoms in total. The molecule has 0 aliphatic heterocycles. The molecule has 2 aromatic carbocycles. The van der Waals surface area contributed by atoms with Gasteiger partial charge in [-0.2, -0.15) is 0 Å². The van der Waals surface area contributed by atoms with Gasteiger partial charge in [0.25, 0.3) is 11.8 Å². The zero-order chi connectivity index (χ0) is 24.1. The molecule has 0 aliphatic carbocycles. The van der Waals surface area contributed by atoms with E-state index in [1.54, 1.807) is 46.7 Å². The molecule has 33 heavy (non-hydrogen) atoms. The molecule has 3 aromatic rings. The molecule has 2 amide bonds. The van der Waals surface area contributed by atoms with Crippen molar-refractivity contribution < 1.29 is 9.59 Å². The number of hydrogen-bond donors (Lipinski definition) is 0. The lowest BCUT2D eigenvalue weighted by molar-refractivity contribution is 0.0748. The van der Waals surface area contributed by atoms with Crippen molar-refractivity contribution in [3.8, 4) is 0 Å². The summed E-state index contributed by atoms with van der Waals surface area (Å²) in [7, 11) is 3.91. The summed E-state index contributed by atoms with van der Waals surface area (Å²) in [5.74, 6) is -0.581. The molecule has 3 rings (SSSR count). The maximum Gasteiger partial charge on any atom is 0.273 e. The molecule has 0 aliphatic rings. The van der Waals surface area contributed by atoms with Crippen LogP contribution >= 0.6 is 46.1 Å². The number of thiazole rings is 1. The summed E-state index contributed by atoms with van der Waals surface area (Å²) < 4.78 is 0. The van der Waals surface area contributed by atoms with Gasteiger partial charge in [-0.05, 0) is 63.5 Å². The average Bonchev–Trinajstić information content (AvgIpc) is 3.25. The number of likely N-dealkylation sites (N-methyl/N-ethyl adjacent to an activating group) is 2. The van der Waals surface area contributed by atoms with Crippen LogP contribution in [0.4, 0.5) is 10.8 Å². The van der Waals surface area contributed by atoms with Crippen molar-refractivity contribution in [2.24, 2.45) is 0 Å². The lowest BCUT2D eigenvalue weighted by Gasteiger charge is -2.22. The predicted octanol–water partition coefficient (Wildman–Crippen LogP) is 6.11. The average molecular weight is 526 g/mol. The van der Waals surface area contributed by atoms with Gasteiger partial charge in [0, 0.05) is 35.1 Å². The Hall–Kier alpha value is -2.16. The van der Waals surface area contributed by atoms with Gasteiger partial charge in [-0.1, -0.05) is 34.8 Å². The number of nitrogens with zero attached hydrogens (tertiary/aromatic N) is 4. The van der Waals surface area contributed by atoms with E-state index in [1.807, 2.05) is 25.9 Å². The molecule has 174 valence electrons. The largest absolute Gasteiger partial charge is 0.336 e. The summed E-state index contributed by atoms with van der Waals surface area (Å²) in [5.41, 5.74) is 1.09. The van der Waals surface area contributed by atoms with Crippen LogP contribution in [0.5, 0.6) is 0 Å². The molecular weight excluding hydrogens is 503 g/mol. The van der Waals surface area contributed by atoms with Gasteiger partial charge < -0.3 is 9.80 Å². The fourth-order valence-corrected chi connectivity index (χ4v) is 4.47. The van der Waals surface area contributed by atoms with Gasteiger partial charge in [-0.25, -0.2) is 4.98 Å². The van der Waals surface area contributed by atoms with Crippen LogP contribution < -0.4 is 4.90 Å². The summed E-state index contributed by atoms with van der Waals surface area (Å²) in [5, 5.41) is 3.19. The fraction of sp³-hybridized carbons (Fsp3) is 0.261. The maximum atomic E-state index is 13.5. The number of anilines is 2. The molecule has 10 heteroatoms. The van der Waals surface area contributed by atoms with Gasteiger partial charge in [-0.15, -0.1) is 11.3 Å². The normalized spacial score (nSPS) is 11.0. The molecular formula is C23H23Cl3N4O2S. The monoisotopic (exact) mass is 524 g/mol. The summed E-state index contributed by atoms with van der Waals surface area (Å²) in [4.78, 5) is 36.2. The Labute approximate surface area is 212 Å². The van der Waals surface area contributed by atoms with Crippen LogP contribution in [0.2, 0.25) is 15.1 Å². The van der Waals surface area contributed by atoms with Crippen LogP contribution in [0.1, 0.15) is 27.8 Å². The lowest BCUT2D eigenvalue weighted by atomic mass is 10.2. The smallest absolute Gasteiger partial charge is 0.273 e. The molecule has 1 aromatic heterocycles. The molecule has 0 N–H and O–H groups in total. The van der Waals surface area contributed by atoms with Gasteiger partial charge in [0.05, 0.1) is 16.3 Å². The Balaban J connectivity index is 1.98. The standard InChI is InChI=1S/C23H23Cl3N4O2S/c1-4-29(12-11-28(2)3)22(32)20-14-33-23(27-20)30(17-8-5-15(24)6-9-17)21(31)18-10-7-16(25)13-19(18)26/h5-10,13-14H,4,11-12H2,1-3H3. The maximum absolute atomic E-state index is 13.5. The van der Waals surface area contributed by atoms with Gasteiger partial charge in [0.1, 0.15) is 5.69 Å². The second kappa shape index (κ2) is 11.3. The number of rotatable bonds is 8. The summed E-state index contributed by atoms with van der Waals surface area (Å²) in [6.45, 7) is 3.79. The zero-order valence-electron chi connectivity index (χ0n) is 18.4. The molecule has 0 bridgehead atoms.